The molecule has 0 saturated carbocycles. The number of methoxy groups -OCH3 is 1. The van der Waals surface area contributed by atoms with Gasteiger partial charge in [0.25, 0.3) is 0 Å². The summed E-state index contributed by atoms with van der Waals surface area (Å²) in [5, 5.41) is 0. The second-order valence-electron chi connectivity index (χ2n) is 4.53. The second kappa shape index (κ2) is 6.11. The maximum Gasteiger partial charge on any atom is 0.241 e. The van der Waals surface area contributed by atoms with Crippen LogP contribution in [0, 0.1) is 0 Å². The highest BCUT2D eigenvalue weighted by atomic mass is 32.2. The number of anilines is 1. The fourth-order valence-electron chi connectivity index (χ4n) is 1.86. The van der Waals surface area contributed by atoms with E-state index in [4.69, 9.17) is 10.5 Å². The first-order chi connectivity index (χ1) is 9.94. The topological polar surface area (TPSA) is 94.3 Å². The van der Waals surface area contributed by atoms with Gasteiger partial charge >= 0.3 is 0 Å². The maximum absolute atomic E-state index is 12.4. The zero-order valence-electron chi connectivity index (χ0n) is 11.8. The van der Waals surface area contributed by atoms with E-state index in [1.165, 1.54) is 25.3 Å². The molecule has 0 amide bonds. The molecule has 0 spiro atoms. The SMILES string of the molecule is COc1cc(S(=O)(=O)NC(C)c2cccnc2)ccc1N. The molecule has 0 aliphatic rings. The van der Waals surface area contributed by atoms with Crippen LogP contribution in [0.15, 0.2) is 47.6 Å². The van der Waals surface area contributed by atoms with Gasteiger partial charge in [-0.25, -0.2) is 13.1 Å². The Balaban J connectivity index is 2.26. The number of pyridine rings is 1. The number of aromatic nitrogens is 1. The van der Waals surface area contributed by atoms with E-state index in [1.807, 2.05) is 6.07 Å². The van der Waals surface area contributed by atoms with Crippen molar-refractivity contribution in [2.45, 2.75) is 17.9 Å². The van der Waals surface area contributed by atoms with Gasteiger partial charge in [0.1, 0.15) is 5.75 Å². The van der Waals surface area contributed by atoms with Crippen LogP contribution in [-0.2, 0) is 10.0 Å². The molecule has 3 N–H and O–H groups in total. The number of rotatable bonds is 5. The Morgan fingerprint density at radius 3 is 2.71 bits per heavy atom. The molecule has 2 aromatic rings. The molecule has 0 aliphatic heterocycles. The number of nitrogens with zero attached hydrogens (tertiary/aromatic N) is 1. The first kappa shape index (κ1) is 15.3. The van der Waals surface area contributed by atoms with E-state index in [1.54, 1.807) is 25.4 Å². The molecule has 1 heterocycles. The van der Waals surface area contributed by atoms with Gasteiger partial charge in [-0.2, -0.15) is 0 Å². The molecular weight excluding hydrogens is 290 g/mol. The largest absolute Gasteiger partial charge is 0.495 e. The first-order valence-corrected chi connectivity index (χ1v) is 7.78. The van der Waals surface area contributed by atoms with Gasteiger partial charge in [-0.1, -0.05) is 6.07 Å². The quantitative estimate of drug-likeness (QED) is 0.820. The third-order valence-corrected chi connectivity index (χ3v) is 4.57. The summed E-state index contributed by atoms with van der Waals surface area (Å²) in [6, 6.07) is 7.51. The van der Waals surface area contributed by atoms with Crippen LogP contribution in [0.2, 0.25) is 0 Å². The Morgan fingerprint density at radius 1 is 1.33 bits per heavy atom. The van der Waals surface area contributed by atoms with E-state index in [0.717, 1.165) is 5.56 Å². The molecule has 7 heteroatoms. The number of ether oxygens (including phenoxy) is 1. The van der Waals surface area contributed by atoms with Crippen molar-refractivity contribution >= 4 is 15.7 Å². The maximum atomic E-state index is 12.4. The summed E-state index contributed by atoms with van der Waals surface area (Å²) in [5.74, 6) is 0.326. The number of nitrogens with one attached hydrogen (secondary N) is 1. The summed E-state index contributed by atoms with van der Waals surface area (Å²) in [7, 11) is -2.23. The summed E-state index contributed by atoms with van der Waals surface area (Å²) in [5.41, 5.74) is 6.85. The minimum Gasteiger partial charge on any atom is -0.495 e. The van der Waals surface area contributed by atoms with Gasteiger partial charge in [0, 0.05) is 24.5 Å². The van der Waals surface area contributed by atoms with Gasteiger partial charge in [0.05, 0.1) is 17.7 Å². The van der Waals surface area contributed by atoms with E-state index < -0.39 is 16.1 Å². The van der Waals surface area contributed by atoms with Crippen LogP contribution in [0.4, 0.5) is 5.69 Å². The lowest BCUT2D eigenvalue weighted by atomic mass is 10.2. The summed E-state index contributed by atoms with van der Waals surface area (Å²) in [6.45, 7) is 1.75. The van der Waals surface area contributed by atoms with Crippen molar-refractivity contribution in [1.29, 1.82) is 0 Å². The standard InChI is InChI=1S/C14H17N3O3S/c1-10(11-4-3-7-16-9-11)17-21(18,19)12-5-6-13(15)14(8-12)20-2/h3-10,17H,15H2,1-2H3. The predicted octanol–water partition coefficient (Wildman–Crippen LogP) is 1.71. The van der Waals surface area contributed by atoms with Crippen LogP contribution in [0.5, 0.6) is 5.75 Å². The van der Waals surface area contributed by atoms with Gasteiger partial charge in [-0.15, -0.1) is 0 Å². The third kappa shape index (κ3) is 3.50. The molecule has 6 nitrogen and oxygen atoms in total. The number of benzene rings is 1. The molecule has 0 bridgehead atoms. The Hall–Kier alpha value is -2.12. The zero-order chi connectivity index (χ0) is 15.5. The van der Waals surface area contributed by atoms with Gasteiger partial charge in [0.2, 0.25) is 10.0 Å². The number of nitrogen functional groups attached to an aromatic ring is 1. The summed E-state index contributed by atoms with van der Waals surface area (Å²) in [4.78, 5) is 4.08. The van der Waals surface area contributed by atoms with Crippen molar-refractivity contribution in [3.05, 3.63) is 48.3 Å². The van der Waals surface area contributed by atoms with Crippen molar-refractivity contribution < 1.29 is 13.2 Å². The van der Waals surface area contributed by atoms with Crippen molar-refractivity contribution in [2.75, 3.05) is 12.8 Å². The van der Waals surface area contributed by atoms with Gasteiger partial charge < -0.3 is 10.5 Å². The molecular formula is C14H17N3O3S. The molecule has 1 aromatic heterocycles. The van der Waals surface area contributed by atoms with Gasteiger partial charge in [-0.05, 0) is 30.7 Å². The molecule has 1 atom stereocenters. The molecule has 2 rings (SSSR count). The molecule has 21 heavy (non-hydrogen) atoms. The van der Waals surface area contributed by atoms with E-state index in [2.05, 4.69) is 9.71 Å². The van der Waals surface area contributed by atoms with Crippen molar-refractivity contribution in [3.8, 4) is 5.75 Å². The van der Waals surface area contributed by atoms with E-state index in [-0.39, 0.29) is 4.90 Å². The highest BCUT2D eigenvalue weighted by molar-refractivity contribution is 7.89. The normalized spacial score (nSPS) is 12.9. The van der Waals surface area contributed by atoms with Gasteiger partial charge in [-0.3, -0.25) is 4.98 Å². The molecule has 0 radical (unpaired) electrons. The molecule has 112 valence electrons. The summed E-state index contributed by atoms with van der Waals surface area (Å²) < 4.78 is 32.4. The summed E-state index contributed by atoms with van der Waals surface area (Å²) in [6.07, 6.45) is 3.26. The van der Waals surface area contributed by atoms with E-state index in [0.29, 0.717) is 11.4 Å². The van der Waals surface area contributed by atoms with Crippen LogP contribution in [-0.4, -0.2) is 20.5 Å². The minimum atomic E-state index is -3.67. The highest BCUT2D eigenvalue weighted by Crippen LogP contribution is 2.25. The smallest absolute Gasteiger partial charge is 0.241 e. The Labute approximate surface area is 124 Å². The molecule has 1 unspecified atom stereocenters. The lowest BCUT2D eigenvalue weighted by Gasteiger charge is -2.15. The number of hydrogen-bond acceptors (Lipinski definition) is 5. The molecule has 0 fully saturated rings. The number of sulfonamides is 1. The van der Waals surface area contributed by atoms with Gasteiger partial charge in [0.15, 0.2) is 0 Å². The number of nitrogens with two attached hydrogens (primary N) is 1. The van der Waals surface area contributed by atoms with Crippen LogP contribution < -0.4 is 15.2 Å². The zero-order valence-corrected chi connectivity index (χ0v) is 12.6. The fourth-order valence-corrected chi connectivity index (χ4v) is 3.11. The van der Waals surface area contributed by atoms with Crippen LogP contribution >= 0.6 is 0 Å². The average Bonchev–Trinajstić information content (AvgIpc) is 2.48. The third-order valence-electron chi connectivity index (χ3n) is 3.03. The minimum absolute atomic E-state index is 0.101. The number of hydrogen-bond donors (Lipinski definition) is 2. The Bertz CT molecular complexity index is 717. The van der Waals surface area contributed by atoms with Crippen molar-refractivity contribution in [1.82, 2.24) is 9.71 Å². The predicted molar refractivity (Wildman–Crippen MR) is 80.4 cm³/mol. The Morgan fingerprint density at radius 2 is 2.10 bits per heavy atom. The van der Waals surface area contributed by atoms with Crippen LogP contribution in [0.1, 0.15) is 18.5 Å². The molecule has 0 aliphatic carbocycles. The molecule has 0 saturated heterocycles. The lowest BCUT2D eigenvalue weighted by molar-refractivity contribution is 0.415. The van der Waals surface area contributed by atoms with Crippen LogP contribution in [0.25, 0.3) is 0 Å². The summed E-state index contributed by atoms with van der Waals surface area (Å²) >= 11 is 0. The Kier molecular flexibility index (Phi) is 4.44. The first-order valence-electron chi connectivity index (χ1n) is 6.30. The molecule has 1 aromatic carbocycles. The lowest BCUT2D eigenvalue weighted by Crippen LogP contribution is -2.27. The van der Waals surface area contributed by atoms with Crippen LogP contribution in [0.3, 0.4) is 0 Å². The van der Waals surface area contributed by atoms with E-state index in [9.17, 15) is 8.42 Å². The highest BCUT2D eigenvalue weighted by Gasteiger charge is 2.19. The average molecular weight is 307 g/mol. The fraction of sp³-hybridized carbons (Fsp3) is 0.214. The van der Waals surface area contributed by atoms with Crippen molar-refractivity contribution in [3.63, 3.8) is 0 Å². The van der Waals surface area contributed by atoms with E-state index >= 15 is 0 Å². The van der Waals surface area contributed by atoms with Crippen molar-refractivity contribution in [2.24, 2.45) is 0 Å². The second-order valence-corrected chi connectivity index (χ2v) is 6.25. The monoisotopic (exact) mass is 307 g/mol.